The normalized spacial score (nSPS) is 11.8. The van der Waals surface area contributed by atoms with Crippen LogP contribution in [0.15, 0.2) is 41.4 Å². The minimum Gasteiger partial charge on any atom is -0.302 e. The van der Waals surface area contributed by atoms with Crippen molar-refractivity contribution in [2.24, 2.45) is 0 Å². The molecule has 2 heterocycles. The number of rotatable bonds is 3. The molecule has 0 spiro atoms. The average Bonchev–Trinajstić information content (AvgIpc) is 2.76. The summed E-state index contributed by atoms with van der Waals surface area (Å²) in [7, 11) is -3.62. The number of fused-ring (bicyclic) bond motifs is 1. The Kier molecular flexibility index (Phi) is 3.64. The number of nitrogens with zero attached hydrogens (tertiary/aromatic N) is 2. The zero-order valence-corrected chi connectivity index (χ0v) is 14.4. The Balaban J connectivity index is 2.03. The van der Waals surface area contributed by atoms with Crippen molar-refractivity contribution in [2.75, 3.05) is 4.72 Å². The first kappa shape index (κ1) is 15.6. The van der Waals surface area contributed by atoms with Crippen LogP contribution in [0.5, 0.6) is 0 Å². The molecule has 0 aliphatic rings. The van der Waals surface area contributed by atoms with Gasteiger partial charge in [0.1, 0.15) is 5.65 Å². The van der Waals surface area contributed by atoms with Crippen LogP contribution in [0.4, 0.5) is 5.69 Å². The number of hydrogen-bond acceptors (Lipinski definition) is 3. The van der Waals surface area contributed by atoms with Gasteiger partial charge in [0.2, 0.25) is 0 Å². The molecule has 0 amide bonds. The number of pyridine rings is 1. The number of aryl methyl sites for hydroxylation is 4. The molecule has 0 aliphatic heterocycles. The Hall–Kier alpha value is -2.34. The van der Waals surface area contributed by atoms with Gasteiger partial charge in [0.25, 0.3) is 10.0 Å². The summed E-state index contributed by atoms with van der Waals surface area (Å²) in [5.41, 5.74) is 4.87. The zero-order chi connectivity index (χ0) is 16.8. The van der Waals surface area contributed by atoms with Crippen molar-refractivity contribution in [3.05, 3.63) is 59.0 Å². The second-order valence-electron chi connectivity index (χ2n) is 5.80. The Morgan fingerprint density at radius 3 is 2.52 bits per heavy atom. The number of nitrogens with one attached hydrogen (secondary N) is 1. The number of aromatic nitrogens is 2. The minimum atomic E-state index is -3.62. The van der Waals surface area contributed by atoms with E-state index in [1.54, 1.807) is 31.3 Å². The van der Waals surface area contributed by atoms with Gasteiger partial charge in [0, 0.05) is 11.9 Å². The molecule has 3 rings (SSSR count). The molecule has 0 unspecified atom stereocenters. The third-order valence-electron chi connectivity index (χ3n) is 3.98. The van der Waals surface area contributed by atoms with Gasteiger partial charge in [0.15, 0.2) is 0 Å². The topological polar surface area (TPSA) is 63.5 Å². The van der Waals surface area contributed by atoms with Gasteiger partial charge in [0.05, 0.1) is 16.3 Å². The monoisotopic (exact) mass is 329 g/mol. The van der Waals surface area contributed by atoms with E-state index in [0.717, 1.165) is 28.2 Å². The number of sulfonamides is 1. The van der Waals surface area contributed by atoms with Crippen LogP contribution in [0.2, 0.25) is 0 Å². The quantitative estimate of drug-likeness (QED) is 0.801. The standard InChI is InChI=1S/C17H19N3O2S/c1-11-5-6-12(2)16(9-11)23(21,22)19-15-7-8-17-18-13(3)14(4)20(17)10-15/h5-10,19H,1-4H3. The lowest BCUT2D eigenvalue weighted by Gasteiger charge is -2.11. The number of imidazole rings is 1. The van der Waals surface area contributed by atoms with Crippen LogP contribution in [-0.4, -0.2) is 17.8 Å². The molecular weight excluding hydrogens is 310 g/mol. The van der Waals surface area contributed by atoms with Crippen LogP contribution in [0.3, 0.4) is 0 Å². The first-order valence-corrected chi connectivity index (χ1v) is 8.81. The van der Waals surface area contributed by atoms with Gasteiger partial charge >= 0.3 is 0 Å². The highest BCUT2D eigenvalue weighted by atomic mass is 32.2. The molecule has 0 radical (unpaired) electrons. The van der Waals surface area contributed by atoms with E-state index in [1.807, 2.05) is 37.3 Å². The summed E-state index contributed by atoms with van der Waals surface area (Å²) in [4.78, 5) is 4.72. The third kappa shape index (κ3) is 2.82. The first-order valence-electron chi connectivity index (χ1n) is 7.33. The van der Waals surface area contributed by atoms with Crippen molar-refractivity contribution in [2.45, 2.75) is 32.6 Å². The van der Waals surface area contributed by atoms with Crippen LogP contribution in [0, 0.1) is 27.7 Å². The predicted octanol–water partition coefficient (Wildman–Crippen LogP) is 3.37. The fourth-order valence-corrected chi connectivity index (χ4v) is 3.92. The molecule has 1 N–H and O–H groups in total. The summed E-state index contributed by atoms with van der Waals surface area (Å²) in [6.07, 6.45) is 1.76. The smallest absolute Gasteiger partial charge is 0.262 e. The molecule has 6 heteroatoms. The van der Waals surface area contributed by atoms with Gasteiger partial charge < -0.3 is 4.40 Å². The molecule has 3 aromatic rings. The summed E-state index contributed by atoms with van der Waals surface area (Å²) in [5, 5.41) is 0. The molecule has 0 aliphatic carbocycles. The lowest BCUT2D eigenvalue weighted by atomic mass is 10.2. The Morgan fingerprint density at radius 2 is 1.78 bits per heavy atom. The van der Waals surface area contributed by atoms with E-state index in [2.05, 4.69) is 9.71 Å². The number of anilines is 1. The molecule has 120 valence electrons. The number of hydrogen-bond donors (Lipinski definition) is 1. The molecule has 23 heavy (non-hydrogen) atoms. The van der Waals surface area contributed by atoms with Gasteiger partial charge in [-0.25, -0.2) is 13.4 Å². The molecule has 1 aromatic carbocycles. The van der Waals surface area contributed by atoms with Gasteiger partial charge in [-0.15, -0.1) is 0 Å². The minimum absolute atomic E-state index is 0.302. The largest absolute Gasteiger partial charge is 0.302 e. The summed E-state index contributed by atoms with van der Waals surface area (Å²) in [6, 6.07) is 8.93. The van der Waals surface area contributed by atoms with Crippen LogP contribution in [0.1, 0.15) is 22.5 Å². The second kappa shape index (κ2) is 5.38. The van der Waals surface area contributed by atoms with Crippen LogP contribution < -0.4 is 4.72 Å². The fourth-order valence-electron chi connectivity index (χ4n) is 2.55. The van der Waals surface area contributed by atoms with E-state index < -0.39 is 10.0 Å². The molecule has 0 fully saturated rings. The third-order valence-corrected chi connectivity index (χ3v) is 5.50. The Bertz CT molecular complexity index is 1000. The molecule has 0 bridgehead atoms. The van der Waals surface area contributed by atoms with E-state index in [9.17, 15) is 8.42 Å². The Labute approximate surface area is 136 Å². The molecule has 0 saturated heterocycles. The summed E-state index contributed by atoms with van der Waals surface area (Å²) in [6.45, 7) is 7.56. The molecule has 2 aromatic heterocycles. The molecular formula is C17H19N3O2S. The highest BCUT2D eigenvalue weighted by Crippen LogP contribution is 2.22. The lowest BCUT2D eigenvalue weighted by Crippen LogP contribution is -2.15. The van der Waals surface area contributed by atoms with Crippen molar-refractivity contribution in [1.82, 2.24) is 9.38 Å². The van der Waals surface area contributed by atoms with Crippen molar-refractivity contribution in [3.63, 3.8) is 0 Å². The van der Waals surface area contributed by atoms with Gasteiger partial charge in [-0.3, -0.25) is 4.72 Å². The summed E-state index contributed by atoms with van der Waals surface area (Å²) < 4.78 is 29.9. The van der Waals surface area contributed by atoms with Crippen LogP contribution in [-0.2, 0) is 10.0 Å². The van der Waals surface area contributed by atoms with Crippen molar-refractivity contribution in [1.29, 1.82) is 0 Å². The maximum absolute atomic E-state index is 12.7. The van der Waals surface area contributed by atoms with Gasteiger partial charge in [-0.1, -0.05) is 12.1 Å². The molecule has 0 saturated carbocycles. The molecule has 0 atom stereocenters. The summed E-state index contributed by atoms with van der Waals surface area (Å²) >= 11 is 0. The maximum atomic E-state index is 12.7. The highest BCUT2D eigenvalue weighted by Gasteiger charge is 2.17. The Morgan fingerprint density at radius 1 is 1.04 bits per heavy atom. The van der Waals surface area contributed by atoms with Gasteiger partial charge in [-0.2, -0.15) is 0 Å². The van der Waals surface area contributed by atoms with E-state index >= 15 is 0 Å². The van der Waals surface area contributed by atoms with E-state index in [4.69, 9.17) is 0 Å². The molecule has 5 nitrogen and oxygen atoms in total. The maximum Gasteiger partial charge on any atom is 0.262 e. The second-order valence-corrected chi connectivity index (χ2v) is 7.45. The average molecular weight is 329 g/mol. The van der Waals surface area contributed by atoms with E-state index in [0.29, 0.717) is 10.6 Å². The lowest BCUT2D eigenvalue weighted by molar-refractivity contribution is 0.600. The van der Waals surface area contributed by atoms with E-state index in [-0.39, 0.29) is 0 Å². The zero-order valence-electron chi connectivity index (χ0n) is 13.6. The summed E-state index contributed by atoms with van der Waals surface area (Å²) in [5.74, 6) is 0. The van der Waals surface area contributed by atoms with Gasteiger partial charge in [-0.05, 0) is 57.0 Å². The van der Waals surface area contributed by atoms with Crippen LogP contribution in [0.25, 0.3) is 5.65 Å². The van der Waals surface area contributed by atoms with Crippen molar-refractivity contribution >= 4 is 21.4 Å². The SMILES string of the molecule is Cc1ccc(C)c(S(=O)(=O)Nc2ccc3nc(C)c(C)n3c2)c1. The van der Waals surface area contributed by atoms with Crippen molar-refractivity contribution < 1.29 is 8.42 Å². The van der Waals surface area contributed by atoms with E-state index in [1.165, 1.54) is 0 Å². The van der Waals surface area contributed by atoms with Crippen molar-refractivity contribution in [3.8, 4) is 0 Å². The predicted molar refractivity (Wildman–Crippen MR) is 91.4 cm³/mol. The first-order chi connectivity index (χ1) is 10.8. The highest BCUT2D eigenvalue weighted by molar-refractivity contribution is 7.92. The number of benzene rings is 1. The van der Waals surface area contributed by atoms with Crippen LogP contribution >= 0.6 is 0 Å². The fraction of sp³-hybridized carbons (Fsp3) is 0.235.